The Balaban J connectivity index is 3.08. The van der Waals surface area contributed by atoms with Crippen molar-refractivity contribution in [3.05, 3.63) is 29.6 Å². The van der Waals surface area contributed by atoms with Gasteiger partial charge >= 0.3 is 5.97 Å². The summed E-state index contributed by atoms with van der Waals surface area (Å²) in [5.41, 5.74) is 0.668. The summed E-state index contributed by atoms with van der Waals surface area (Å²) in [7, 11) is 1.33. The van der Waals surface area contributed by atoms with Crippen LogP contribution >= 0.6 is 0 Å². The molecular weight excluding hydrogens is 194 g/mol. The fourth-order valence-corrected chi connectivity index (χ4v) is 1.13. The SMILES string of the molecule is COC(=O)c1ccnc(C(C)(C)CO)c1. The molecule has 0 atom stereocenters. The van der Waals surface area contributed by atoms with Gasteiger partial charge in [-0.15, -0.1) is 0 Å². The smallest absolute Gasteiger partial charge is 0.337 e. The number of hydrogen-bond acceptors (Lipinski definition) is 4. The number of aromatic nitrogens is 1. The Labute approximate surface area is 88.9 Å². The van der Waals surface area contributed by atoms with Gasteiger partial charge in [0.15, 0.2) is 0 Å². The number of rotatable bonds is 3. The molecule has 1 N–H and O–H groups in total. The number of pyridine rings is 1. The largest absolute Gasteiger partial charge is 0.465 e. The molecule has 0 amide bonds. The molecule has 4 heteroatoms. The lowest BCUT2D eigenvalue weighted by molar-refractivity contribution is 0.0600. The molecule has 0 aliphatic carbocycles. The molecule has 0 aromatic carbocycles. The molecule has 1 rings (SSSR count). The van der Waals surface area contributed by atoms with Gasteiger partial charge in [0.1, 0.15) is 0 Å². The third-order valence-electron chi connectivity index (χ3n) is 2.27. The minimum atomic E-state index is -0.454. The summed E-state index contributed by atoms with van der Waals surface area (Å²) in [6, 6.07) is 3.23. The second-order valence-corrected chi connectivity index (χ2v) is 3.96. The maximum absolute atomic E-state index is 11.3. The number of hydrogen-bond donors (Lipinski definition) is 1. The number of aliphatic hydroxyl groups excluding tert-OH is 1. The van der Waals surface area contributed by atoms with Crippen LogP contribution < -0.4 is 0 Å². The predicted octanol–water partition coefficient (Wildman–Crippen LogP) is 1.14. The molecule has 0 saturated carbocycles. The highest BCUT2D eigenvalue weighted by Crippen LogP contribution is 2.20. The van der Waals surface area contributed by atoms with E-state index in [1.807, 2.05) is 13.8 Å². The van der Waals surface area contributed by atoms with Crippen molar-refractivity contribution in [2.75, 3.05) is 13.7 Å². The third-order valence-corrected chi connectivity index (χ3v) is 2.27. The van der Waals surface area contributed by atoms with Gasteiger partial charge in [0, 0.05) is 17.3 Å². The molecular formula is C11H15NO3. The van der Waals surface area contributed by atoms with Crippen LogP contribution in [0.5, 0.6) is 0 Å². The Morgan fingerprint density at radius 3 is 2.80 bits per heavy atom. The zero-order valence-corrected chi connectivity index (χ0v) is 9.15. The highest BCUT2D eigenvalue weighted by Gasteiger charge is 2.22. The van der Waals surface area contributed by atoms with Crippen molar-refractivity contribution >= 4 is 5.97 Å². The molecule has 1 heterocycles. The summed E-state index contributed by atoms with van der Waals surface area (Å²) in [5, 5.41) is 9.18. The van der Waals surface area contributed by atoms with Gasteiger partial charge in [-0.2, -0.15) is 0 Å². The molecule has 1 aromatic heterocycles. The molecule has 0 aliphatic rings. The van der Waals surface area contributed by atoms with Crippen molar-refractivity contribution in [1.29, 1.82) is 0 Å². The fourth-order valence-electron chi connectivity index (χ4n) is 1.13. The normalized spacial score (nSPS) is 11.2. The molecule has 0 bridgehead atoms. The van der Waals surface area contributed by atoms with Gasteiger partial charge < -0.3 is 9.84 Å². The third kappa shape index (κ3) is 2.53. The van der Waals surface area contributed by atoms with E-state index in [9.17, 15) is 9.90 Å². The molecule has 0 aliphatic heterocycles. The van der Waals surface area contributed by atoms with Gasteiger partial charge in [-0.25, -0.2) is 4.79 Å². The van der Waals surface area contributed by atoms with Crippen molar-refractivity contribution in [3.8, 4) is 0 Å². The lowest BCUT2D eigenvalue weighted by atomic mass is 9.89. The first-order valence-electron chi connectivity index (χ1n) is 4.67. The van der Waals surface area contributed by atoms with Crippen LogP contribution in [0.2, 0.25) is 0 Å². The quantitative estimate of drug-likeness (QED) is 0.758. The van der Waals surface area contributed by atoms with Gasteiger partial charge in [0.05, 0.1) is 19.3 Å². The maximum atomic E-state index is 11.3. The molecule has 0 fully saturated rings. The topological polar surface area (TPSA) is 59.4 Å². The van der Waals surface area contributed by atoms with Crippen LogP contribution in [-0.2, 0) is 10.2 Å². The van der Waals surface area contributed by atoms with E-state index in [0.29, 0.717) is 11.3 Å². The average Bonchev–Trinajstić information content (AvgIpc) is 2.28. The molecule has 0 radical (unpaired) electrons. The minimum Gasteiger partial charge on any atom is -0.465 e. The van der Waals surface area contributed by atoms with Crippen LogP contribution in [0, 0.1) is 0 Å². The summed E-state index contributed by atoms with van der Waals surface area (Å²) in [4.78, 5) is 15.4. The van der Waals surface area contributed by atoms with E-state index >= 15 is 0 Å². The Bertz CT molecular complexity index is 361. The van der Waals surface area contributed by atoms with Crippen LogP contribution in [-0.4, -0.2) is 29.8 Å². The van der Waals surface area contributed by atoms with Gasteiger partial charge in [-0.05, 0) is 12.1 Å². The molecule has 0 saturated heterocycles. The van der Waals surface area contributed by atoms with E-state index in [1.54, 1.807) is 18.3 Å². The molecule has 0 unspecified atom stereocenters. The Morgan fingerprint density at radius 2 is 2.27 bits per heavy atom. The second-order valence-electron chi connectivity index (χ2n) is 3.96. The summed E-state index contributed by atoms with van der Waals surface area (Å²) >= 11 is 0. The molecule has 15 heavy (non-hydrogen) atoms. The zero-order valence-electron chi connectivity index (χ0n) is 9.15. The van der Waals surface area contributed by atoms with E-state index in [0.717, 1.165) is 0 Å². The standard InChI is InChI=1S/C11H15NO3/c1-11(2,7-13)9-6-8(4-5-12-9)10(14)15-3/h4-6,13H,7H2,1-3H3. The lowest BCUT2D eigenvalue weighted by Gasteiger charge is -2.20. The minimum absolute atomic E-state index is 0.0232. The van der Waals surface area contributed by atoms with Crippen LogP contribution in [0.1, 0.15) is 29.9 Å². The van der Waals surface area contributed by atoms with E-state index < -0.39 is 11.4 Å². The first kappa shape index (κ1) is 11.7. The van der Waals surface area contributed by atoms with Crippen molar-refractivity contribution in [2.24, 2.45) is 0 Å². The highest BCUT2D eigenvalue weighted by atomic mass is 16.5. The number of nitrogens with zero attached hydrogens (tertiary/aromatic N) is 1. The number of ether oxygens (including phenoxy) is 1. The van der Waals surface area contributed by atoms with Crippen molar-refractivity contribution < 1.29 is 14.6 Å². The van der Waals surface area contributed by atoms with Gasteiger partial charge in [-0.3, -0.25) is 4.98 Å². The maximum Gasteiger partial charge on any atom is 0.337 e. The van der Waals surface area contributed by atoms with Gasteiger partial charge in [0.25, 0.3) is 0 Å². The van der Waals surface area contributed by atoms with E-state index in [1.165, 1.54) is 7.11 Å². The van der Waals surface area contributed by atoms with Crippen molar-refractivity contribution in [2.45, 2.75) is 19.3 Å². The van der Waals surface area contributed by atoms with Crippen LogP contribution in [0.25, 0.3) is 0 Å². The molecule has 4 nitrogen and oxygen atoms in total. The predicted molar refractivity (Wildman–Crippen MR) is 55.7 cm³/mol. The number of esters is 1. The van der Waals surface area contributed by atoms with Crippen molar-refractivity contribution in [1.82, 2.24) is 4.98 Å². The number of methoxy groups -OCH3 is 1. The summed E-state index contributed by atoms with van der Waals surface area (Å²) < 4.78 is 4.61. The summed E-state index contributed by atoms with van der Waals surface area (Å²) in [6.45, 7) is 3.69. The fraction of sp³-hybridized carbons (Fsp3) is 0.455. The summed E-state index contributed by atoms with van der Waals surface area (Å²) in [5.74, 6) is -0.396. The number of aliphatic hydroxyl groups is 1. The first-order valence-corrected chi connectivity index (χ1v) is 4.67. The van der Waals surface area contributed by atoms with E-state index in [2.05, 4.69) is 9.72 Å². The lowest BCUT2D eigenvalue weighted by Crippen LogP contribution is -2.24. The van der Waals surface area contributed by atoms with Crippen LogP contribution in [0.3, 0.4) is 0 Å². The molecule has 1 aromatic rings. The number of carbonyl (C=O) groups is 1. The van der Waals surface area contributed by atoms with Crippen LogP contribution in [0.4, 0.5) is 0 Å². The number of carbonyl (C=O) groups excluding carboxylic acids is 1. The zero-order chi connectivity index (χ0) is 11.5. The van der Waals surface area contributed by atoms with Gasteiger partial charge in [0.2, 0.25) is 0 Å². The van der Waals surface area contributed by atoms with Crippen molar-refractivity contribution in [3.63, 3.8) is 0 Å². The van der Waals surface area contributed by atoms with Gasteiger partial charge in [-0.1, -0.05) is 13.8 Å². The second kappa shape index (κ2) is 4.40. The Morgan fingerprint density at radius 1 is 1.60 bits per heavy atom. The highest BCUT2D eigenvalue weighted by molar-refractivity contribution is 5.89. The summed E-state index contributed by atoms with van der Waals surface area (Å²) in [6.07, 6.45) is 1.54. The average molecular weight is 209 g/mol. The van der Waals surface area contributed by atoms with Crippen LogP contribution in [0.15, 0.2) is 18.3 Å². The molecule has 82 valence electrons. The molecule has 0 spiro atoms. The Hall–Kier alpha value is -1.42. The van der Waals surface area contributed by atoms with E-state index in [-0.39, 0.29) is 6.61 Å². The van der Waals surface area contributed by atoms with E-state index in [4.69, 9.17) is 0 Å². The Kier molecular flexibility index (Phi) is 3.42. The monoisotopic (exact) mass is 209 g/mol. The first-order chi connectivity index (χ1) is 7.01.